The average Bonchev–Trinajstić information content (AvgIpc) is 2.60. The van der Waals surface area contributed by atoms with Gasteiger partial charge in [-0.3, -0.25) is 9.78 Å². The third-order valence-corrected chi connectivity index (χ3v) is 4.97. The number of likely N-dealkylation sites (tertiary alicyclic amines) is 1. The molecule has 0 spiro atoms. The SMILES string of the molecule is Cc1cc(OC2CCN(C(=O)CSc3ccncc3)CC2)cc(=O)o1. The molecule has 6 nitrogen and oxygen atoms in total. The van der Waals surface area contributed by atoms with Crippen LogP contribution in [0.25, 0.3) is 0 Å². The Bertz CT molecular complexity index is 770. The molecule has 25 heavy (non-hydrogen) atoms. The summed E-state index contributed by atoms with van der Waals surface area (Å²) in [5.41, 5.74) is -0.407. The van der Waals surface area contributed by atoms with Crippen LogP contribution < -0.4 is 10.4 Å². The van der Waals surface area contributed by atoms with E-state index < -0.39 is 5.63 Å². The van der Waals surface area contributed by atoms with Crippen molar-refractivity contribution in [3.05, 3.63) is 52.8 Å². The third kappa shape index (κ3) is 5.09. The summed E-state index contributed by atoms with van der Waals surface area (Å²) in [5.74, 6) is 1.63. The Morgan fingerprint density at radius 2 is 2.04 bits per heavy atom. The minimum Gasteiger partial charge on any atom is -0.490 e. The molecule has 0 bridgehead atoms. The Morgan fingerprint density at radius 1 is 1.32 bits per heavy atom. The first-order chi connectivity index (χ1) is 12.1. The summed E-state index contributed by atoms with van der Waals surface area (Å²) >= 11 is 1.52. The largest absolute Gasteiger partial charge is 0.490 e. The standard InChI is InChI=1S/C18H20N2O4S/c1-13-10-15(11-18(22)23-13)24-14-4-8-20(9-5-14)17(21)12-25-16-2-6-19-7-3-16/h2-3,6-7,10-11,14H,4-5,8-9,12H2,1H3. The first-order valence-electron chi connectivity index (χ1n) is 8.19. The number of piperidine rings is 1. The van der Waals surface area contributed by atoms with Gasteiger partial charge < -0.3 is 14.1 Å². The number of thioether (sulfide) groups is 1. The van der Waals surface area contributed by atoms with Crippen LogP contribution in [-0.4, -0.2) is 40.7 Å². The second-order valence-corrected chi connectivity index (χ2v) is 6.94. The predicted octanol–water partition coefficient (Wildman–Crippen LogP) is 2.51. The Kier molecular flexibility index (Phi) is 5.75. The molecule has 0 N–H and O–H groups in total. The molecule has 0 atom stereocenters. The minimum atomic E-state index is -0.407. The number of hydrogen-bond acceptors (Lipinski definition) is 6. The zero-order valence-electron chi connectivity index (χ0n) is 14.0. The summed E-state index contributed by atoms with van der Waals surface area (Å²) in [6.45, 7) is 3.05. The number of rotatable bonds is 5. The molecular weight excluding hydrogens is 340 g/mol. The smallest absolute Gasteiger partial charge is 0.339 e. The average molecular weight is 360 g/mol. The highest BCUT2D eigenvalue weighted by Crippen LogP contribution is 2.21. The molecule has 7 heteroatoms. The van der Waals surface area contributed by atoms with Gasteiger partial charge in [-0.1, -0.05) is 0 Å². The number of pyridine rings is 1. The summed E-state index contributed by atoms with van der Waals surface area (Å²) in [4.78, 5) is 30.6. The van der Waals surface area contributed by atoms with Crippen LogP contribution in [0.3, 0.4) is 0 Å². The summed E-state index contributed by atoms with van der Waals surface area (Å²) in [5, 5.41) is 0. The van der Waals surface area contributed by atoms with Gasteiger partial charge in [-0.2, -0.15) is 0 Å². The van der Waals surface area contributed by atoms with Crippen LogP contribution in [0.4, 0.5) is 0 Å². The van der Waals surface area contributed by atoms with Crippen molar-refractivity contribution >= 4 is 17.7 Å². The van der Waals surface area contributed by atoms with Gasteiger partial charge >= 0.3 is 5.63 Å². The Labute approximate surface area is 150 Å². The van der Waals surface area contributed by atoms with E-state index in [1.165, 1.54) is 17.8 Å². The molecule has 132 valence electrons. The summed E-state index contributed by atoms with van der Waals surface area (Å²) in [6.07, 6.45) is 4.97. The molecule has 0 unspecified atom stereocenters. The van der Waals surface area contributed by atoms with Crippen molar-refractivity contribution in [1.29, 1.82) is 0 Å². The van der Waals surface area contributed by atoms with E-state index in [1.807, 2.05) is 17.0 Å². The molecule has 1 aliphatic rings. The molecule has 1 saturated heterocycles. The van der Waals surface area contributed by atoms with E-state index in [2.05, 4.69) is 4.98 Å². The fourth-order valence-corrected chi connectivity index (χ4v) is 3.52. The lowest BCUT2D eigenvalue weighted by Crippen LogP contribution is -2.42. The van der Waals surface area contributed by atoms with Crippen LogP contribution in [0.1, 0.15) is 18.6 Å². The maximum absolute atomic E-state index is 12.3. The molecule has 3 heterocycles. The molecule has 3 rings (SSSR count). The highest BCUT2D eigenvalue weighted by atomic mass is 32.2. The first kappa shape index (κ1) is 17.5. The van der Waals surface area contributed by atoms with Crippen molar-refractivity contribution in [3.63, 3.8) is 0 Å². The van der Waals surface area contributed by atoms with E-state index in [-0.39, 0.29) is 12.0 Å². The van der Waals surface area contributed by atoms with Crippen LogP contribution in [0, 0.1) is 6.92 Å². The van der Waals surface area contributed by atoms with Gasteiger partial charge in [-0.05, 0) is 19.1 Å². The van der Waals surface area contributed by atoms with Crippen molar-refractivity contribution in [1.82, 2.24) is 9.88 Å². The van der Waals surface area contributed by atoms with Crippen molar-refractivity contribution in [3.8, 4) is 5.75 Å². The van der Waals surface area contributed by atoms with Gasteiger partial charge in [0.05, 0.1) is 11.8 Å². The molecule has 1 fully saturated rings. The van der Waals surface area contributed by atoms with E-state index in [9.17, 15) is 9.59 Å². The van der Waals surface area contributed by atoms with Crippen molar-refractivity contribution < 1.29 is 13.9 Å². The molecule has 2 aromatic heterocycles. The highest BCUT2D eigenvalue weighted by Gasteiger charge is 2.24. The number of carbonyl (C=O) groups excluding carboxylic acids is 1. The number of nitrogens with zero attached hydrogens (tertiary/aromatic N) is 2. The van der Waals surface area contributed by atoms with Crippen molar-refractivity contribution in [2.24, 2.45) is 0 Å². The summed E-state index contributed by atoms with van der Waals surface area (Å²) in [7, 11) is 0. The van der Waals surface area contributed by atoms with Gasteiger partial charge in [-0.25, -0.2) is 4.79 Å². The Balaban J connectivity index is 1.46. The molecular formula is C18H20N2O4S. The van der Waals surface area contributed by atoms with Crippen LogP contribution in [0.15, 0.2) is 50.8 Å². The lowest BCUT2D eigenvalue weighted by molar-refractivity contribution is -0.130. The van der Waals surface area contributed by atoms with E-state index in [0.717, 1.165) is 17.7 Å². The second kappa shape index (κ2) is 8.20. The lowest BCUT2D eigenvalue weighted by Gasteiger charge is -2.32. The monoisotopic (exact) mass is 360 g/mol. The number of ether oxygens (including phenoxy) is 1. The third-order valence-electron chi connectivity index (χ3n) is 3.98. The van der Waals surface area contributed by atoms with E-state index in [4.69, 9.17) is 9.15 Å². The molecule has 0 radical (unpaired) electrons. The van der Waals surface area contributed by atoms with Crippen LogP contribution >= 0.6 is 11.8 Å². The quantitative estimate of drug-likeness (QED) is 0.763. The van der Waals surface area contributed by atoms with Crippen molar-refractivity contribution in [2.75, 3.05) is 18.8 Å². The van der Waals surface area contributed by atoms with E-state index in [0.29, 0.717) is 30.4 Å². The number of hydrogen-bond donors (Lipinski definition) is 0. The topological polar surface area (TPSA) is 72.6 Å². The van der Waals surface area contributed by atoms with E-state index >= 15 is 0 Å². The van der Waals surface area contributed by atoms with E-state index in [1.54, 1.807) is 25.4 Å². The number of amides is 1. The van der Waals surface area contributed by atoms with Gasteiger partial charge in [0.25, 0.3) is 0 Å². The lowest BCUT2D eigenvalue weighted by atomic mass is 10.1. The van der Waals surface area contributed by atoms with Crippen LogP contribution in [-0.2, 0) is 4.79 Å². The predicted molar refractivity (Wildman–Crippen MR) is 94.9 cm³/mol. The number of aromatic nitrogens is 1. The zero-order valence-corrected chi connectivity index (χ0v) is 14.8. The summed E-state index contributed by atoms with van der Waals surface area (Å²) in [6, 6.07) is 6.87. The first-order valence-corrected chi connectivity index (χ1v) is 9.18. The maximum atomic E-state index is 12.3. The zero-order chi connectivity index (χ0) is 17.6. The second-order valence-electron chi connectivity index (χ2n) is 5.89. The van der Waals surface area contributed by atoms with Gasteiger partial charge in [0.15, 0.2) is 0 Å². The van der Waals surface area contributed by atoms with Crippen LogP contribution in [0.5, 0.6) is 5.75 Å². The maximum Gasteiger partial charge on any atom is 0.339 e. The molecule has 1 amide bonds. The Morgan fingerprint density at radius 3 is 2.72 bits per heavy atom. The molecule has 1 aliphatic heterocycles. The van der Waals surface area contributed by atoms with Gasteiger partial charge in [0.1, 0.15) is 17.6 Å². The normalized spacial score (nSPS) is 15.2. The fourth-order valence-electron chi connectivity index (χ4n) is 2.73. The fraction of sp³-hybridized carbons (Fsp3) is 0.389. The molecule has 2 aromatic rings. The highest BCUT2D eigenvalue weighted by molar-refractivity contribution is 8.00. The molecule has 0 saturated carbocycles. The molecule has 0 aliphatic carbocycles. The minimum absolute atomic E-state index is 0.0121. The van der Waals surface area contributed by atoms with Gasteiger partial charge in [0, 0.05) is 49.3 Å². The molecule has 0 aromatic carbocycles. The van der Waals surface area contributed by atoms with Gasteiger partial charge in [-0.15, -0.1) is 11.8 Å². The van der Waals surface area contributed by atoms with Gasteiger partial charge in [0.2, 0.25) is 5.91 Å². The Hall–Kier alpha value is -2.28. The number of carbonyl (C=O) groups is 1. The van der Waals surface area contributed by atoms with Crippen LogP contribution in [0.2, 0.25) is 0 Å². The summed E-state index contributed by atoms with van der Waals surface area (Å²) < 4.78 is 10.8. The number of aryl methyl sites for hydroxylation is 1. The van der Waals surface area contributed by atoms with Crippen molar-refractivity contribution in [2.45, 2.75) is 30.8 Å².